The molecule has 8 heteroatoms. The predicted octanol–water partition coefficient (Wildman–Crippen LogP) is 4.25. The minimum Gasteiger partial charge on any atom is -0.496 e. The minimum absolute atomic E-state index is 0.186. The molecule has 0 fully saturated rings. The lowest BCUT2D eigenvalue weighted by Crippen LogP contribution is -2.10. The Labute approximate surface area is 143 Å². The third kappa shape index (κ3) is 3.18. The second-order valence-electron chi connectivity index (χ2n) is 4.86. The van der Waals surface area contributed by atoms with Crippen LogP contribution in [-0.4, -0.2) is 27.0 Å². The molecule has 1 aromatic carbocycles. The van der Waals surface area contributed by atoms with Crippen molar-refractivity contribution >= 4 is 23.2 Å². The van der Waals surface area contributed by atoms with Crippen molar-refractivity contribution < 1.29 is 9.26 Å². The third-order valence-corrected chi connectivity index (χ3v) is 3.84. The number of rotatable bonds is 5. The third-order valence-electron chi connectivity index (χ3n) is 3.41. The first-order valence-electron chi connectivity index (χ1n) is 6.99. The summed E-state index contributed by atoms with van der Waals surface area (Å²) in [5, 5.41) is 9.37. The maximum absolute atomic E-state index is 6.05. The first-order chi connectivity index (χ1) is 11.1. The van der Waals surface area contributed by atoms with E-state index in [1.54, 1.807) is 42.4 Å². The molecular formula is C15H14Cl2N4O2. The summed E-state index contributed by atoms with van der Waals surface area (Å²) in [6, 6.07) is 5.05. The Morgan fingerprint density at radius 2 is 2.13 bits per heavy atom. The van der Waals surface area contributed by atoms with Crippen LogP contribution in [0, 0.1) is 0 Å². The lowest BCUT2D eigenvalue weighted by molar-refractivity contribution is 0.321. The largest absolute Gasteiger partial charge is 0.496 e. The number of aromatic nitrogens is 4. The van der Waals surface area contributed by atoms with Crippen molar-refractivity contribution in [1.82, 2.24) is 19.9 Å². The van der Waals surface area contributed by atoms with Gasteiger partial charge in [-0.1, -0.05) is 35.3 Å². The van der Waals surface area contributed by atoms with Gasteiger partial charge in [0, 0.05) is 11.2 Å². The molecule has 0 spiro atoms. The highest BCUT2D eigenvalue weighted by Gasteiger charge is 2.22. The van der Waals surface area contributed by atoms with Crippen LogP contribution in [0.3, 0.4) is 0 Å². The summed E-state index contributed by atoms with van der Waals surface area (Å²) in [4.78, 5) is 4.47. The Hall–Kier alpha value is -2.05. The SMILES string of the molecule is CC[C@H](c1nc(-c2cc(Cl)ccc2OC)no1)n1cc(Cl)cn1. The molecule has 6 nitrogen and oxygen atoms in total. The van der Waals surface area contributed by atoms with E-state index in [2.05, 4.69) is 15.2 Å². The van der Waals surface area contributed by atoms with Crippen LogP contribution in [0.1, 0.15) is 25.3 Å². The topological polar surface area (TPSA) is 66.0 Å². The molecule has 0 unspecified atom stereocenters. The van der Waals surface area contributed by atoms with Crippen molar-refractivity contribution in [3.8, 4) is 17.1 Å². The summed E-state index contributed by atoms with van der Waals surface area (Å²) in [6.45, 7) is 2.00. The van der Waals surface area contributed by atoms with Crippen LogP contribution in [-0.2, 0) is 0 Å². The van der Waals surface area contributed by atoms with Crippen LogP contribution in [0.4, 0.5) is 0 Å². The van der Waals surface area contributed by atoms with Crippen LogP contribution in [0.25, 0.3) is 11.4 Å². The minimum atomic E-state index is -0.186. The number of methoxy groups -OCH3 is 1. The van der Waals surface area contributed by atoms with Gasteiger partial charge in [-0.3, -0.25) is 4.68 Å². The summed E-state index contributed by atoms with van der Waals surface area (Å²) in [7, 11) is 1.58. The predicted molar refractivity (Wildman–Crippen MR) is 87.0 cm³/mol. The number of nitrogens with zero attached hydrogens (tertiary/aromatic N) is 4. The summed E-state index contributed by atoms with van der Waals surface area (Å²) in [5.41, 5.74) is 0.670. The number of benzene rings is 1. The number of hydrogen-bond donors (Lipinski definition) is 0. The van der Waals surface area contributed by atoms with Gasteiger partial charge in [0.1, 0.15) is 11.8 Å². The van der Waals surface area contributed by atoms with Gasteiger partial charge >= 0.3 is 0 Å². The van der Waals surface area contributed by atoms with Gasteiger partial charge < -0.3 is 9.26 Å². The molecular weight excluding hydrogens is 339 g/mol. The molecule has 2 heterocycles. The summed E-state index contributed by atoms with van der Waals surface area (Å²) in [5.74, 6) is 1.48. The van der Waals surface area contributed by atoms with E-state index in [0.29, 0.717) is 33.1 Å². The average Bonchev–Trinajstić information content (AvgIpc) is 3.18. The van der Waals surface area contributed by atoms with E-state index in [9.17, 15) is 0 Å². The molecule has 23 heavy (non-hydrogen) atoms. The van der Waals surface area contributed by atoms with Crippen molar-refractivity contribution in [3.05, 3.63) is 46.5 Å². The summed E-state index contributed by atoms with van der Waals surface area (Å²) < 4.78 is 12.4. The zero-order chi connectivity index (χ0) is 16.4. The summed E-state index contributed by atoms with van der Waals surface area (Å²) >= 11 is 12.0. The van der Waals surface area contributed by atoms with E-state index in [0.717, 1.165) is 6.42 Å². The van der Waals surface area contributed by atoms with Crippen LogP contribution >= 0.6 is 23.2 Å². The molecule has 0 aliphatic heterocycles. The van der Waals surface area contributed by atoms with E-state index in [-0.39, 0.29) is 6.04 Å². The van der Waals surface area contributed by atoms with E-state index in [1.165, 1.54) is 0 Å². The molecule has 0 bridgehead atoms. The van der Waals surface area contributed by atoms with Crippen LogP contribution in [0.5, 0.6) is 5.75 Å². The maximum atomic E-state index is 6.05. The molecule has 3 rings (SSSR count). The zero-order valence-corrected chi connectivity index (χ0v) is 14.0. The van der Waals surface area contributed by atoms with Crippen molar-refractivity contribution in [3.63, 3.8) is 0 Å². The zero-order valence-electron chi connectivity index (χ0n) is 12.5. The second-order valence-corrected chi connectivity index (χ2v) is 5.74. The Bertz CT molecular complexity index is 815. The molecule has 0 amide bonds. The molecule has 120 valence electrons. The van der Waals surface area contributed by atoms with Crippen LogP contribution in [0.2, 0.25) is 10.0 Å². The van der Waals surface area contributed by atoms with Gasteiger partial charge in [-0.15, -0.1) is 0 Å². The Morgan fingerprint density at radius 1 is 1.30 bits per heavy atom. The Balaban J connectivity index is 1.98. The van der Waals surface area contributed by atoms with Crippen molar-refractivity contribution in [1.29, 1.82) is 0 Å². The molecule has 0 saturated carbocycles. The fraction of sp³-hybridized carbons (Fsp3) is 0.267. The van der Waals surface area contributed by atoms with Gasteiger partial charge in [-0.05, 0) is 24.6 Å². The number of hydrogen-bond acceptors (Lipinski definition) is 5. The first kappa shape index (κ1) is 15.8. The monoisotopic (exact) mass is 352 g/mol. The van der Waals surface area contributed by atoms with E-state index in [1.807, 2.05) is 6.92 Å². The van der Waals surface area contributed by atoms with Gasteiger partial charge in [0.05, 0.1) is 23.9 Å². The Morgan fingerprint density at radius 3 is 2.78 bits per heavy atom. The van der Waals surface area contributed by atoms with Crippen LogP contribution < -0.4 is 4.74 Å². The molecule has 0 saturated heterocycles. The van der Waals surface area contributed by atoms with E-state index >= 15 is 0 Å². The molecule has 0 aliphatic rings. The smallest absolute Gasteiger partial charge is 0.251 e. The van der Waals surface area contributed by atoms with Gasteiger partial charge in [0.25, 0.3) is 5.89 Å². The molecule has 0 radical (unpaired) electrons. The highest BCUT2D eigenvalue weighted by Crippen LogP contribution is 2.32. The lowest BCUT2D eigenvalue weighted by Gasteiger charge is -2.10. The van der Waals surface area contributed by atoms with E-state index in [4.69, 9.17) is 32.5 Å². The highest BCUT2D eigenvalue weighted by atomic mass is 35.5. The van der Waals surface area contributed by atoms with Gasteiger partial charge in [-0.2, -0.15) is 10.1 Å². The van der Waals surface area contributed by atoms with Crippen molar-refractivity contribution in [2.24, 2.45) is 0 Å². The van der Waals surface area contributed by atoms with Gasteiger partial charge in [-0.25, -0.2) is 0 Å². The molecule has 1 atom stereocenters. The molecule has 2 aromatic heterocycles. The molecule has 0 aliphatic carbocycles. The Kier molecular flexibility index (Phi) is 4.54. The fourth-order valence-electron chi connectivity index (χ4n) is 2.30. The van der Waals surface area contributed by atoms with Crippen LogP contribution in [0.15, 0.2) is 35.1 Å². The highest BCUT2D eigenvalue weighted by molar-refractivity contribution is 6.31. The standard InChI is InChI=1S/C15H14Cl2N4O2/c1-3-12(21-8-10(17)7-18-21)15-19-14(20-23-15)11-6-9(16)4-5-13(11)22-2/h4-8,12H,3H2,1-2H3/t12-/m1/s1. The quantitative estimate of drug-likeness (QED) is 0.686. The molecule has 3 aromatic rings. The fourth-order valence-corrected chi connectivity index (χ4v) is 2.61. The van der Waals surface area contributed by atoms with E-state index < -0.39 is 0 Å². The normalized spacial score (nSPS) is 12.3. The number of ether oxygens (including phenoxy) is 1. The first-order valence-corrected chi connectivity index (χ1v) is 7.75. The van der Waals surface area contributed by atoms with Crippen molar-refractivity contribution in [2.45, 2.75) is 19.4 Å². The number of halogens is 2. The van der Waals surface area contributed by atoms with Gasteiger partial charge in [0.15, 0.2) is 0 Å². The maximum Gasteiger partial charge on any atom is 0.251 e. The second kappa shape index (κ2) is 6.60. The lowest BCUT2D eigenvalue weighted by atomic mass is 10.2. The summed E-state index contributed by atoms with van der Waals surface area (Å²) in [6.07, 6.45) is 4.02. The molecule has 0 N–H and O–H groups in total. The average molecular weight is 353 g/mol. The van der Waals surface area contributed by atoms with Gasteiger partial charge in [0.2, 0.25) is 5.82 Å². The van der Waals surface area contributed by atoms with Crippen molar-refractivity contribution in [2.75, 3.05) is 7.11 Å².